The molecule has 6 rings (SSSR count). The van der Waals surface area contributed by atoms with Gasteiger partial charge in [0.15, 0.2) is 5.82 Å². The van der Waals surface area contributed by atoms with E-state index in [0.717, 1.165) is 45.4 Å². The third kappa shape index (κ3) is 7.18. The molecular formula is C36H42F3N9O3S. The minimum atomic E-state index is -4.69. The number of H-pyrrole nitrogens is 1. The van der Waals surface area contributed by atoms with Crippen LogP contribution in [0.3, 0.4) is 0 Å². The molecule has 1 amide bonds. The molecule has 0 aliphatic carbocycles. The molecule has 0 spiro atoms. The molecular weight excluding hydrogens is 696 g/mol. The highest BCUT2D eigenvalue weighted by Gasteiger charge is 2.39. The van der Waals surface area contributed by atoms with Crippen LogP contribution in [0.4, 0.5) is 13.2 Å². The largest absolute Gasteiger partial charge is 0.416 e. The summed E-state index contributed by atoms with van der Waals surface area (Å²) in [7, 11) is -4.31. The van der Waals surface area contributed by atoms with Gasteiger partial charge in [-0.05, 0) is 109 Å². The maximum absolute atomic E-state index is 14.2. The second-order valence-electron chi connectivity index (χ2n) is 14.1. The molecule has 0 saturated carbocycles. The number of carbonyl (C=O) groups is 1. The molecule has 16 heteroatoms. The lowest BCUT2D eigenvalue weighted by Gasteiger charge is -2.37. The normalized spacial score (nSPS) is 17.1. The summed E-state index contributed by atoms with van der Waals surface area (Å²) in [6.07, 6.45) is -3.76. The first-order chi connectivity index (χ1) is 24.5. The number of alkyl halides is 3. The number of nitrogens with zero attached hydrogens (tertiary/aromatic N) is 7. The first-order valence-electron chi connectivity index (χ1n) is 17.2. The van der Waals surface area contributed by atoms with Gasteiger partial charge in [0.1, 0.15) is 5.52 Å². The van der Waals surface area contributed by atoms with Crippen LogP contribution in [0.2, 0.25) is 0 Å². The van der Waals surface area contributed by atoms with Crippen molar-refractivity contribution in [1.29, 1.82) is 0 Å². The Hall–Kier alpha value is -4.70. The Bertz CT molecular complexity index is 2220. The van der Waals surface area contributed by atoms with Crippen molar-refractivity contribution >= 4 is 27.0 Å². The van der Waals surface area contributed by atoms with Gasteiger partial charge in [0.2, 0.25) is 15.9 Å². The number of carbonyl (C=O) groups excluding carboxylic acids is 1. The number of aromatic nitrogens is 7. The van der Waals surface area contributed by atoms with Crippen molar-refractivity contribution in [3.63, 3.8) is 0 Å². The second-order valence-corrected chi connectivity index (χ2v) is 16.0. The van der Waals surface area contributed by atoms with Crippen LogP contribution in [0, 0.1) is 19.8 Å². The highest BCUT2D eigenvalue weighted by atomic mass is 32.2. The highest BCUT2D eigenvalue weighted by molar-refractivity contribution is 7.89. The van der Waals surface area contributed by atoms with Crippen LogP contribution in [-0.2, 0) is 46.9 Å². The van der Waals surface area contributed by atoms with E-state index >= 15 is 0 Å². The van der Waals surface area contributed by atoms with Crippen molar-refractivity contribution in [3.05, 3.63) is 93.3 Å². The number of hydrogen-bond donors (Lipinski definition) is 2. The van der Waals surface area contributed by atoms with E-state index in [1.54, 1.807) is 0 Å². The summed E-state index contributed by atoms with van der Waals surface area (Å²) in [4.78, 5) is 13.1. The summed E-state index contributed by atoms with van der Waals surface area (Å²) < 4.78 is 72.8. The van der Waals surface area contributed by atoms with Crippen LogP contribution < -0.4 is 5.32 Å². The van der Waals surface area contributed by atoms with Crippen molar-refractivity contribution in [2.75, 3.05) is 6.54 Å². The predicted octanol–water partition coefficient (Wildman–Crippen LogP) is 5.64. The van der Waals surface area contributed by atoms with Crippen LogP contribution >= 0.6 is 0 Å². The number of sulfonamides is 1. The maximum atomic E-state index is 14.2. The Labute approximate surface area is 300 Å². The van der Waals surface area contributed by atoms with Gasteiger partial charge in [-0.15, -0.1) is 10.2 Å². The molecule has 12 nitrogen and oxygen atoms in total. The predicted molar refractivity (Wildman–Crippen MR) is 188 cm³/mol. The molecule has 1 aliphatic rings. The van der Waals surface area contributed by atoms with Gasteiger partial charge in [-0.2, -0.15) is 17.5 Å². The molecule has 0 bridgehead atoms. The maximum Gasteiger partial charge on any atom is 0.416 e. The van der Waals surface area contributed by atoms with E-state index < -0.39 is 33.2 Å². The fourth-order valence-electron chi connectivity index (χ4n) is 7.29. The van der Waals surface area contributed by atoms with Crippen LogP contribution in [0.15, 0.2) is 53.4 Å². The van der Waals surface area contributed by atoms with Gasteiger partial charge in [0, 0.05) is 31.1 Å². The number of halogens is 3. The Balaban J connectivity index is 1.44. The molecule has 3 heterocycles. The third-order valence-electron chi connectivity index (χ3n) is 10.1. The van der Waals surface area contributed by atoms with E-state index in [9.17, 15) is 26.4 Å². The smallest absolute Gasteiger partial charge is 0.350 e. The van der Waals surface area contributed by atoms with Crippen molar-refractivity contribution in [3.8, 4) is 0 Å². The van der Waals surface area contributed by atoms with Gasteiger partial charge in [-0.25, -0.2) is 18.2 Å². The van der Waals surface area contributed by atoms with Crippen molar-refractivity contribution < 1.29 is 26.4 Å². The van der Waals surface area contributed by atoms with Gasteiger partial charge in [-0.1, -0.05) is 48.9 Å². The summed E-state index contributed by atoms with van der Waals surface area (Å²) in [6.45, 7) is 12.4. The summed E-state index contributed by atoms with van der Waals surface area (Å²) in [6, 6.07) is 12.8. The molecule has 2 N–H and O–H groups in total. The molecule has 0 fully saturated rings. The minimum Gasteiger partial charge on any atom is -0.350 e. The zero-order valence-electron chi connectivity index (χ0n) is 29.9. The highest BCUT2D eigenvalue weighted by Crippen LogP contribution is 2.40. The van der Waals surface area contributed by atoms with E-state index in [1.165, 1.54) is 10.4 Å². The summed E-state index contributed by atoms with van der Waals surface area (Å²) in [5.41, 5.74) is 4.16. The molecule has 2 atom stereocenters. The molecule has 5 aromatic rings. The van der Waals surface area contributed by atoms with Crippen molar-refractivity contribution in [1.82, 2.24) is 45.2 Å². The average Bonchev–Trinajstić information content (AvgIpc) is 3.73. The quantitative estimate of drug-likeness (QED) is 0.187. The van der Waals surface area contributed by atoms with Crippen LogP contribution in [0.5, 0.6) is 0 Å². The number of hydrogen-bond acceptors (Lipinski definition) is 8. The van der Waals surface area contributed by atoms with Gasteiger partial charge in [-0.3, -0.25) is 4.79 Å². The van der Waals surface area contributed by atoms with Crippen molar-refractivity contribution in [2.45, 2.75) is 96.4 Å². The standard InChI is InChI=1S/C36H42F3N9O3S/c1-7-23-15-24-11-12-27(36(37,38)39)17-30(24)52(50,51)47(19-23)20-26-16-25(10-9-21(26)3)33(35(5,6)40-32(49)18-31-41-44-45-42-31)28-13-14-29-34(22(28)4)43-46-48(29)8-2/h9-14,16-17,23,33H,7-8,15,18-20H2,1-6H3,(H,40,49)(H,41,42,44,45)/t23-,33-/m0/s1. The van der Waals surface area contributed by atoms with Gasteiger partial charge in [0.25, 0.3) is 0 Å². The van der Waals surface area contributed by atoms with Crippen LogP contribution in [0.25, 0.3) is 11.0 Å². The molecule has 276 valence electrons. The van der Waals surface area contributed by atoms with E-state index in [4.69, 9.17) is 0 Å². The Kier molecular flexibility index (Phi) is 10.00. The summed E-state index contributed by atoms with van der Waals surface area (Å²) in [5, 5.41) is 25.5. The Morgan fingerprint density at radius 1 is 1.06 bits per heavy atom. The number of benzene rings is 3. The molecule has 0 radical (unpaired) electrons. The fourth-order valence-corrected chi connectivity index (χ4v) is 9.04. The van der Waals surface area contributed by atoms with Gasteiger partial charge in [0.05, 0.1) is 22.4 Å². The first-order valence-corrected chi connectivity index (χ1v) is 18.6. The number of fused-ring (bicyclic) bond motifs is 2. The number of nitrogens with one attached hydrogen (secondary N) is 2. The fraction of sp³-hybridized carbons (Fsp3) is 0.444. The minimum absolute atomic E-state index is 0.0466. The molecule has 0 saturated heterocycles. The Morgan fingerprint density at radius 2 is 1.83 bits per heavy atom. The number of aryl methyl sites for hydroxylation is 3. The van der Waals surface area contributed by atoms with E-state index in [1.807, 2.05) is 76.6 Å². The lowest BCUT2D eigenvalue weighted by atomic mass is 9.74. The first kappa shape index (κ1) is 37.1. The summed E-state index contributed by atoms with van der Waals surface area (Å²) >= 11 is 0. The number of amides is 1. The topological polar surface area (TPSA) is 152 Å². The lowest BCUT2D eigenvalue weighted by molar-refractivity contribution is -0.137. The molecule has 52 heavy (non-hydrogen) atoms. The zero-order chi connectivity index (χ0) is 37.6. The van der Waals surface area contributed by atoms with E-state index in [2.05, 4.69) is 36.3 Å². The third-order valence-corrected chi connectivity index (χ3v) is 12.0. The van der Waals surface area contributed by atoms with E-state index in [0.29, 0.717) is 36.3 Å². The monoisotopic (exact) mass is 737 g/mol. The SMILES string of the molecule is CC[C@H]1Cc2ccc(C(F)(F)F)cc2S(=O)(=O)N(Cc2cc([C@@H](c3ccc4c(nnn4CC)c3C)C(C)(C)NC(=O)Cc3nnn[nH]3)ccc2C)C1. The van der Waals surface area contributed by atoms with Crippen LogP contribution in [0.1, 0.15) is 84.8 Å². The number of rotatable bonds is 10. The number of tetrazole rings is 1. The van der Waals surface area contributed by atoms with Crippen LogP contribution in [-0.4, -0.2) is 66.3 Å². The van der Waals surface area contributed by atoms with Gasteiger partial charge >= 0.3 is 6.18 Å². The molecule has 2 aromatic heterocycles. The molecule has 1 aliphatic heterocycles. The second kappa shape index (κ2) is 14.0. The van der Waals surface area contributed by atoms with Crippen molar-refractivity contribution in [2.24, 2.45) is 5.92 Å². The summed E-state index contributed by atoms with van der Waals surface area (Å²) in [5.74, 6) is -0.554. The Morgan fingerprint density at radius 3 is 2.50 bits per heavy atom. The van der Waals surface area contributed by atoms with Gasteiger partial charge < -0.3 is 5.32 Å². The van der Waals surface area contributed by atoms with E-state index in [-0.39, 0.29) is 36.2 Å². The number of aromatic amines is 1. The average molecular weight is 738 g/mol. The molecule has 3 aromatic carbocycles. The molecule has 0 unspecified atom stereocenters. The zero-order valence-corrected chi connectivity index (χ0v) is 30.7. The lowest BCUT2D eigenvalue weighted by Crippen LogP contribution is -2.49.